The average Bonchev–Trinajstić information content (AvgIpc) is 2.77. The summed E-state index contributed by atoms with van der Waals surface area (Å²) >= 11 is 5.26. The zero-order valence-electron chi connectivity index (χ0n) is 10.0. The van der Waals surface area contributed by atoms with Gasteiger partial charge in [-0.05, 0) is 37.3 Å². The summed E-state index contributed by atoms with van der Waals surface area (Å²) < 4.78 is 7.11. The number of ether oxygens (including phenoxy) is 1. The Morgan fingerprint density at radius 3 is 2.89 bits per heavy atom. The molecule has 94 valence electrons. The van der Waals surface area contributed by atoms with Gasteiger partial charge >= 0.3 is 0 Å². The molecule has 2 nitrogen and oxygen atoms in total. The number of aryl methyl sites for hydroxylation is 1. The van der Waals surface area contributed by atoms with Crippen LogP contribution in [0.4, 0.5) is 0 Å². The quantitative estimate of drug-likeness (QED) is 0.847. The second kappa shape index (κ2) is 4.68. The minimum atomic E-state index is 0.0404. The van der Waals surface area contributed by atoms with Crippen LogP contribution < -0.4 is 10.5 Å². The lowest BCUT2D eigenvalue weighted by Gasteiger charge is -2.29. The van der Waals surface area contributed by atoms with Crippen LogP contribution in [0.15, 0.2) is 34.8 Å². The van der Waals surface area contributed by atoms with Crippen LogP contribution in [0.1, 0.15) is 33.9 Å². The maximum Gasteiger partial charge on any atom is 0.135 e. The maximum absolute atomic E-state index is 6.25. The van der Waals surface area contributed by atoms with Gasteiger partial charge in [-0.1, -0.05) is 15.9 Å². The molecule has 1 aliphatic rings. The number of nitrogens with two attached hydrogens (primary N) is 1. The van der Waals surface area contributed by atoms with Crippen molar-refractivity contribution >= 4 is 27.3 Å². The van der Waals surface area contributed by atoms with Gasteiger partial charge in [-0.3, -0.25) is 0 Å². The van der Waals surface area contributed by atoms with Gasteiger partial charge in [0, 0.05) is 32.3 Å². The van der Waals surface area contributed by atoms with Gasteiger partial charge in [-0.25, -0.2) is 0 Å². The van der Waals surface area contributed by atoms with Crippen LogP contribution in [-0.2, 0) is 0 Å². The highest BCUT2D eigenvalue weighted by Crippen LogP contribution is 2.42. The standard InChI is InChI=1S/C14H14BrNOS/c1-8-2-5-14(18-8)13-7-11(16)10-6-9(15)3-4-12(10)17-13/h2-6,11,13H,7,16H2,1H3/t11-,13?/m0/s1. The van der Waals surface area contributed by atoms with Crippen LogP contribution in [0.3, 0.4) is 0 Å². The molecule has 0 radical (unpaired) electrons. The summed E-state index contributed by atoms with van der Waals surface area (Å²) in [6, 6.07) is 10.3. The molecular formula is C14H14BrNOS. The first-order valence-corrected chi connectivity index (χ1v) is 7.52. The second-order valence-electron chi connectivity index (χ2n) is 4.58. The number of halogens is 1. The van der Waals surface area contributed by atoms with Crippen molar-refractivity contribution in [2.24, 2.45) is 5.73 Å². The number of hydrogen-bond acceptors (Lipinski definition) is 3. The Labute approximate surface area is 119 Å². The van der Waals surface area contributed by atoms with Gasteiger partial charge in [0.1, 0.15) is 11.9 Å². The number of benzene rings is 1. The molecule has 1 aromatic heterocycles. The van der Waals surface area contributed by atoms with Crippen LogP contribution >= 0.6 is 27.3 Å². The fourth-order valence-electron chi connectivity index (χ4n) is 2.28. The van der Waals surface area contributed by atoms with Crippen LogP contribution in [0.25, 0.3) is 0 Å². The molecule has 0 saturated heterocycles. The third-order valence-electron chi connectivity index (χ3n) is 3.19. The molecule has 0 fully saturated rings. The number of hydrogen-bond donors (Lipinski definition) is 1. The minimum absolute atomic E-state index is 0.0404. The van der Waals surface area contributed by atoms with Crippen molar-refractivity contribution in [3.8, 4) is 5.75 Å². The molecule has 3 rings (SSSR count). The van der Waals surface area contributed by atoms with Crippen molar-refractivity contribution in [1.29, 1.82) is 0 Å². The lowest BCUT2D eigenvalue weighted by molar-refractivity contribution is 0.165. The van der Waals surface area contributed by atoms with Crippen molar-refractivity contribution < 1.29 is 4.74 Å². The van der Waals surface area contributed by atoms with Crippen molar-refractivity contribution in [2.75, 3.05) is 0 Å². The predicted octanol–water partition coefficient (Wildman–Crippen LogP) is 4.34. The molecule has 0 amide bonds. The van der Waals surface area contributed by atoms with Gasteiger partial charge in [0.05, 0.1) is 0 Å². The molecule has 2 aromatic rings. The van der Waals surface area contributed by atoms with Crippen LogP contribution in [0.5, 0.6) is 5.75 Å². The van der Waals surface area contributed by atoms with E-state index >= 15 is 0 Å². The monoisotopic (exact) mass is 323 g/mol. The summed E-state index contributed by atoms with van der Waals surface area (Å²) in [7, 11) is 0. The molecule has 1 aliphatic heterocycles. The van der Waals surface area contributed by atoms with E-state index in [4.69, 9.17) is 10.5 Å². The molecule has 1 aromatic carbocycles. The zero-order valence-corrected chi connectivity index (χ0v) is 12.4. The summed E-state index contributed by atoms with van der Waals surface area (Å²) in [6.07, 6.45) is 0.927. The van der Waals surface area contributed by atoms with Crippen molar-refractivity contribution in [2.45, 2.75) is 25.5 Å². The van der Waals surface area contributed by atoms with Crippen LogP contribution in [0.2, 0.25) is 0 Å². The SMILES string of the molecule is Cc1ccc(C2C[C@H](N)c3cc(Br)ccc3O2)s1. The van der Waals surface area contributed by atoms with Crippen molar-refractivity contribution in [3.05, 3.63) is 50.1 Å². The van der Waals surface area contributed by atoms with Gasteiger partial charge in [0.25, 0.3) is 0 Å². The van der Waals surface area contributed by atoms with E-state index in [-0.39, 0.29) is 12.1 Å². The Balaban J connectivity index is 1.94. The molecule has 0 bridgehead atoms. The Bertz CT molecular complexity index is 581. The molecule has 4 heteroatoms. The Morgan fingerprint density at radius 1 is 1.33 bits per heavy atom. The van der Waals surface area contributed by atoms with Crippen molar-refractivity contribution in [3.63, 3.8) is 0 Å². The van der Waals surface area contributed by atoms with E-state index in [9.17, 15) is 0 Å². The van der Waals surface area contributed by atoms with E-state index < -0.39 is 0 Å². The van der Waals surface area contributed by atoms with E-state index in [0.29, 0.717) is 0 Å². The highest BCUT2D eigenvalue weighted by Gasteiger charge is 2.27. The van der Waals surface area contributed by atoms with E-state index in [2.05, 4.69) is 41.1 Å². The van der Waals surface area contributed by atoms with Crippen LogP contribution in [-0.4, -0.2) is 0 Å². The van der Waals surface area contributed by atoms with E-state index in [1.807, 2.05) is 12.1 Å². The topological polar surface area (TPSA) is 35.2 Å². The van der Waals surface area contributed by atoms with Crippen LogP contribution in [0, 0.1) is 6.92 Å². The largest absolute Gasteiger partial charge is 0.484 e. The number of thiophene rings is 1. The molecule has 1 unspecified atom stereocenters. The lowest BCUT2D eigenvalue weighted by atomic mass is 9.97. The van der Waals surface area contributed by atoms with Gasteiger partial charge in [-0.2, -0.15) is 0 Å². The zero-order chi connectivity index (χ0) is 12.7. The average molecular weight is 324 g/mol. The molecule has 0 aliphatic carbocycles. The highest BCUT2D eigenvalue weighted by molar-refractivity contribution is 9.10. The second-order valence-corrected chi connectivity index (χ2v) is 6.81. The fourth-order valence-corrected chi connectivity index (χ4v) is 3.57. The summed E-state index contributed by atoms with van der Waals surface area (Å²) in [5.41, 5.74) is 7.35. The van der Waals surface area contributed by atoms with E-state index in [1.54, 1.807) is 11.3 Å². The summed E-state index contributed by atoms with van der Waals surface area (Å²) in [5.74, 6) is 0.910. The minimum Gasteiger partial charge on any atom is -0.484 e. The first-order valence-electron chi connectivity index (χ1n) is 5.91. The van der Waals surface area contributed by atoms with Crippen molar-refractivity contribution in [1.82, 2.24) is 0 Å². The molecular weight excluding hydrogens is 310 g/mol. The molecule has 2 atom stereocenters. The molecule has 0 saturated carbocycles. The maximum atomic E-state index is 6.25. The first kappa shape index (κ1) is 12.2. The van der Waals surface area contributed by atoms with Gasteiger partial charge in [0.2, 0.25) is 0 Å². The third-order valence-corrected chi connectivity index (χ3v) is 4.77. The van der Waals surface area contributed by atoms with E-state index in [0.717, 1.165) is 22.2 Å². The number of rotatable bonds is 1. The summed E-state index contributed by atoms with van der Waals surface area (Å²) in [5, 5.41) is 0. The van der Waals surface area contributed by atoms with Gasteiger partial charge in [-0.15, -0.1) is 11.3 Å². The highest BCUT2D eigenvalue weighted by atomic mass is 79.9. The Morgan fingerprint density at radius 2 is 2.17 bits per heavy atom. The van der Waals surface area contributed by atoms with Gasteiger partial charge < -0.3 is 10.5 Å². The molecule has 2 heterocycles. The molecule has 2 N–H and O–H groups in total. The Hall–Kier alpha value is -0.840. The normalized spacial score (nSPS) is 22.4. The predicted molar refractivity (Wildman–Crippen MR) is 78.1 cm³/mol. The Kier molecular flexibility index (Phi) is 3.18. The van der Waals surface area contributed by atoms with Gasteiger partial charge in [0.15, 0.2) is 0 Å². The third kappa shape index (κ3) is 2.20. The fraction of sp³-hybridized carbons (Fsp3) is 0.286. The summed E-state index contributed by atoms with van der Waals surface area (Å²) in [4.78, 5) is 2.57. The lowest BCUT2D eigenvalue weighted by Crippen LogP contribution is -2.23. The smallest absolute Gasteiger partial charge is 0.135 e. The van der Waals surface area contributed by atoms with E-state index in [1.165, 1.54) is 9.75 Å². The first-order chi connectivity index (χ1) is 8.63. The summed E-state index contributed by atoms with van der Waals surface area (Å²) in [6.45, 7) is 2.11. The molecule has 18 heavy (non-hydrogen) atoms. The molecule has 0 spiro atoms. The number of fused-ring (bicyclic) bond motifs is 1.